The summed E-state index contributed by atoms with van der Waals surface area (Å²) in [6.45, 7) is 0. The van der Waals surface area contributed by atoms with E-state index in [1.165, 1.54) is 11.3 Å². The third-order valence-electron chi connectivity index (χ3n) is 5.01. The molecule has 5 nitrogen and oxygen atoms in total. The van der Waals surface area contributed by atoms with Crippen LogP contribution in [0.2, 0.25) is 5.02 Å². The van der Waals surface area contributed by atoms with Crippen molar-refractivity contribution in [2.75, 3.05) is 5.32 Å². The van der Waals surface area contributed by atoms with E-state index in [9.17, 15) is 14.7 Å². The summed E-state index contributed by atoms with van der Waals surface area (Å²) in [5, 5.41) is 15.6. The van der Waals surface area contributed by atoms with E-state index in [1.807, 2.05) is 42.5 Å². The van der Waals surface area contributed by atoms with E-state index in [1.54, 1.807) is 17.5 Å². The zero-order valence-electron chi connectivity index (χ0n) is 15.4. The van der Waals surface area contributed by atoms with Gasteiger partial charge in [0.1, 0.15) is 11.1 Å². The Hall–Kier alpha value is -3.35. The lowest BCUT2D eigenvalue weighted by Crippen LogP contribution is -2.13. The number of thiophene rings is 1. The highest BCUT2D eigenvalue weighted by Gasteiger charge is 2.26. The van der Waals surface area contributed by atoms with E-state index in [2.05, 4.69) is 5.32 Å². The van der Waals surface area contributed by atoms with E-state index >= 15 is 0 Å². The zero-order chi connectivity index (χ0) is 20.8. The lowest BCUT2D eigenvalue weighted by Gasteiger charge is -2.05. The van der Waals surface area contributed by atoms with Crippen LogP contribution in [-0.2, 0) is 6.42 Å². The highest BCUT2D eigenvalue weighted by atomic mass is 35.5. The maximum absolute atomic E-state index is 12.7. The number of anilines is 1. The minimum Gasteiger partial charge on any atom is -0.478 e. The van der Waals surface area contributed by atoms with Gasteiger partial charge in [0.15, 0.2) is 5.76 Å². The molecule has 0 spiro atoms. The number of allylic oxidation sites excluding steroid dienone is 1. The SMILES string of the molecule is O=C(Nc1csc(C2=Cc3cc(Cl)ccc3C2)c1C(=O)O)c1cc2ccccc2o1. The molecule has 2 heterocycles. The number of para-hydroxylation sites is 1. The van der Waals surface area contributed by atoms with Gasteiger partial charge in [-0.25, -0.2) is 4.79 Å². The molecule has 7 heteroatoms. The quantitative estimate of drug-likeness (QED) is 0.400. The first kappa shape index (κ1) is 18.7. The van der Waals surface area contributed by atoms with Crippen LogP contribution in [0.4, 0.5) is 5.69 Å². The number of carboxylic acid groups (broad SMARTS) is 1. The minimum absolute atomic E-state index is 0.0783. The molecule has 2 aromatic heterocycles. The second-order valence-electron chi connectivity index (χ2n) is 6.95. The summed E-state index contributed by atoms with van der Waals surface area (Å²) >= 11 is 7.36. The molecule has 0 radical (unpaired) electrons. The average Bonchev–Trinajstić information content (AvgIpc) is 3.43. The Kier molecular flexibility index (Phi) is 4.46. The summed E-state index contributed by atoms with van der Waals surface area (Å²) in [6, 6.07) is 14.6. The number of nitrogens with one attached hydrogen (secondary N) is 1. The molecular weight excluding hydrogens is 422 g/mol. The number of benzene rings is 2. The number of carbonyl (C=O) groups excluding carboxylic acids is 1. The van der Waals surface area contributed by atoms with E-state index in [-0.39, 0.29) is 17.0 Å². The van der Waals surface area contributed by atoms with Crippen LogP contribution in [0.5, 0.6) is 0 Å². The molecule has 5 rings (SSSR count). The molecule has 0 fully saturated rings. The maximum atomic E-state index is 12.7. The van der Waals surface area contributed by atoms with Crippen LogP contribution >= 0.6 is 22.9 Å². The number of hydrogen-bond acceptors (Lipinski definition) is 4. The standard InChI is InChI=1S/C23H14ClNO4S/c24-16-6-5-12-7-15(8-14(12)9-16)21-20(23(27)28)17(11-30-21)25-22(26)19-10-13-3-1-2-4-18(13)29-19/h1-6,8-11H,7H2,(H,25,26)(H,27,28). The van der Waals surface area contributed by atoms with Crippen molar-refractivity contribution in [2.45, 2.75) is 6.42 Å². The highest BCUT2D eigenvalue weighted by molar-refractivity contribution is 7.12. The van der Waals surface area contributed by atoms with E-state index in [0.717, 1.165) is 22.1 Å². The van der Waals surface area contributed by atoms with E-state index < -0.39 is 11.9 Å². The predicted octanol–water partition coefficient (Wildman–Crippen LogP) is 6.19. The summed E-state index contributed by atoms with van der Waals surface area (Å²) in [5.74, 6) is -1.46. The van der Waals surface area contributed by atoms with E-state index in [0.29, 0.717) is 21.9 Å². The van der Waals surface area contributed by atoms with E-state index in [4.69, 9.17) is 16.0 Å². The normalized spacial score (nSPS) is 12.6. The number of halogens is 1. The van der Waals surface area contributed by atoms with Crippen molar-refractivity contribution in [2.24, 2.45) is 0 Å². The molecule has 2 N–H and O–H groups in total. The summed E-state index contributed by atoms with van der Waals surface area (Å²) < 4.78 is 5.58. The Morgan fingerprint density at radius 2 is 1.97 bits per heavy atom. The second kappa shape index (κ2) is 7.16. The Morgan fingerprint density at radius 1 is 1.13 bits per heavy atom. The minimum atomic E-state index is -1.10. The molecule has 0 unspecified atom stereocenters. The van der Waals surface area contributed by atoms with Crippen LogP contribution in [0.25, 0.3) is 22.6 Å². The van der Waals surface area contributed by atoms with Gasteiger partial charge in [-0.1, -0.05) is 35.9 Å². The van der Waals surface area contributed by atoms with Gasteiger partial charge in [-0.15, -0.1) is 11.3 Å². The summed E-state index contributed by atoms with van der Waals surface area (Å²) in [5.41, 5.74) is 3.89. The van der Waals surface area contributed by atoms with Gasteiger partial charge in [-0.3, -0.25) is 4.79 Å². The molecule has 30 heavy (non-hydrogen) atoms. The third-order valence-corrected chi connectivity index (χ3v) is 6.30. The van der Waals surface area contributed by atoms with Crippen LogP contribution in [-0.4, -0.2) is 17.0 Å². The number of fused-ring (bicyclic) bond motifs is 2. The second-order valence-corrected chi connectivity index (χ2v) is 8.27. The zero-order valence-corrected chi connectivity index (χ0v) is 17.0. The monoisotopic (exact) mass is 435 g/mol. The molecule has 4 aromatic rings. The number of carbonyl (C=O) groups is 2. The van der Waals surface area contributed by atoms with Crippen molar-refractivity contribution in [1.29, 1.82) is 0 Å². The molecule has 1 aliphatic rings. The van der Waals surface area contributed by atoms with Crippen molar-refractivity contribution < 1.29 is 19.1 Å². The van der Waals surface area contributed by atoms with Gasteiger partial charge < -0.3 is 14.8 Å². The summed E-state index contributed by atoms with van der Waals surface area (Å²) in [7, 11) is 0. The molecule has 2 aromatic carbocycles. The Labute approximate surface area is 180 Å². The summed E-state index contributed by atoms with van der Waals surface area (Å²) in [6.07, 6.45) is 2.56. The van der Waals surface area contributed by atoms with Crippen molar-refractivity contribution in [3.8, 4) is 0 Å². The fraction of sp³-hybridized carbons (Fsp3) is 0.0435. The Balaban J connectivity index is 1.47. The first-order chi connectivity index (χ1) is 14.5. The smallest absolute Gasteiger partial charge is 0.339 e. The van der Waals surface area contributed by atoms with Gasteiger partial charge in [0.05, 0.1) is 5.69 Å². The van der Waals surface area contributed by atoms with Crippen LogP contribution in [0.3, 0.4) is 0 Å². The van der Waals surface area contributed by atoms with Gasteiger partial charge in [0, 0.05) is 20.7 Å². The van der Waals surface area contributed by atoms with Gasteiger partial charge >= 0.3 is 5.97 Å². The number of carboxylic acids is 1. The van der Waals surface area contributed by atoms with Gasteiger partial charge in [-0.05, 0) is 53.5 Å². The van der Waals surface area contributed by atoms with Gasteiger partial charge in [-0.2, -0.15) is 0 Å². The Morgan fingerprint density at radius 3 is 2.77 bits per heavy atom. The number of rotatable bonds is 4. The lowest BCUT2D eigenvalue weighted by atomic mass is 10.1. The molecule has 1 amide bonds. The highest BCUT2D eigenvalue weighted by Crippen LogP contribution is 2.40. The topological polar surface area (TPSA) is 79.5 Å². The molecule has 0 saturated carbocycles. The van der Waals surface area contributed by atoms with Crippen molar-refractivity contribution in [3.05, 3.63) is 86.3 Å². The molecule has 0 atom stereocenters. The van der Waals surface area contributed by atoms with Crippen molar-refractivity contribution in [3.63, 3.8) is 0 Å². The maximum Gasteiger partial charge on any atom is 0.339 e. The first-order valence-electron chi connectivity index (χ1n) is 9.13. The largest absolute Gasteiger partial charge is 0.478 e. The lowest BCUT2D eigenvalue weighted by molar-refractivity contribution is 0.0698. The number of amides is 1. The van der Waals surface area contributed by atoms with Gasteiger partial charge in [0.2, 0.25) is 0 Å². The van der Waals surface area contributed by atoms with Crippen molar-refractivity contribution >= 4 is 63.1 Å². The van der Waals surface area contributed by atoms with Crippen LogP contribution in [0, 0.1) is 0 Å². The van der Waals surface area contributed by atoms with Gasteiger partial charge in [0.25, 0.3) is 5.91 Å². The number of aromatic carboxylic acids is 1. The fourth-order valence-corrected chi connectivity index (χ4v) is 4.82. The fourth-order valence-electron chi connectivity index (χ4n) is 3.63. The predicted molar refractivity (Wildman–Crippen MR) is 118 cm³/mol. The van der Waals surface area contributed by atoms with Crippen LogP contribution in [0.15, 0.2) is 58.3 Å². The summed E-state index contributed by atoms with van der Waals surface area (Å²) in [4.78, 5) is 25.3. The molecular formula is C23H14ClNO4S. The average molecular weight is 436 g/mol. The molecule has 0 bridgehead atoms. The van der Waals surface area contributed by atoms with Crippen LogP contribution in [0.1, 0.15) is 36.9 Å². The number of furan rings is 1. The third kappa shape index (κ3) is 3.20. The number of hydrogen-bond donors (Lipinski definition) is 2. The molecule has 0 aliphatic heterocycles. The Bertz CT molecular complexity index is 1330. The van der Waals surface area contributed by atoms with Crippen LogP contribution < -0.4 is 5.32 Å². The molecule has 148 valence electrons. The molecule has 0 saturated heterocycles. The van der Waals surface area contributed by atoms with Crippen molar-refractivity contribution in [1.82, 2.24) is 0 Å². The molecule has 1 aliphatic carbocycles. The first-order valence-corrected chi connectivity index (χ1v) is 10.4.